The Kier molecular flexibility index (Phi) is 6.29. The number of benzene rings is 1. The summed E-state index contributed by atoms with van der Waals surface area (Å²) in [6.45, 7) is 8.46. The molecule has 0 saturated carbocycles. The first-order chi connectivity index (χ1) is 11.3. The maximum Gasteiger partial charge on any atom is 0.196 e. The first-order valence-electron chi connectivity index (χ1n) is 7.88. The van der Waals surface area contributed by atoms with Crippen LogP contribution < -0.4 is 10.2 Å². The second-order valence-corrected chi connectivity index (χ2v) is 7.71. The number of methoxy groups -OCH3 is 1. The average molecular weight is 366 g/mol. The van der Waals surface area contributed by atoms with E-state index in [4.69, 9.17) is 21.4 Å². The van der Waals surface area contributed by atoms with E-state index in [-0.39, 0.29) is 5.43 Å². The number of fused-ring (bicyclic) bond motifs is 1. The fourth-order valence-corrected chi connectivity index (χ4v) is 4.25. The predicted molar refractivity (Wildman–Crippen MR) is 105 cm³/mol. The van der Waals surface area contributed by atoms with Gasteiger partial charge in [0.2, 0.25) is 0 Å². The van der Waals surface area contributed by atoms with Crippen LogP contribution in [0.1, 0.15) is 33.3 Å². The van der Waals surface area contributed by atoms with Crippen LogP contribution in [-0.2, 0) is 5.75 Å². The molecule has 0 aliphatic rings. The minimum atomic E-state index is -0.0187. The van der Waals surface area contributed by atoms with E-state index in [1.165, 1.54) is 18.0 Å². The van der Waals surface area contributed by atoms with Crippen LogP contribution in [0.5, 0.6) is 5.75 Å². The van der Waals surface area contributed by atoms with Crippen LogP contribution in [0.25, 0.3) is 11.0 Å². The average Bonchev–Trinajstić information content (AvgIpc) is 2.53. The number of ether oxygens (including phenoxy) is 1. The molecule has 0 saturated heterocycles. The van der Waals surface area contributed by atoms with E-state index < -0.39 is 0 Å². The van der Waals surface area contributed by atoms with Crippen molar-refractivity contribution < 1.29 is 9.15 Å². The molecule has 0 fully saturated rings. The Balaban J connectivity index is 2.20. The van der Waals surface area contributed by atoms with Crippen LogP contribution in [0, 0.1) is 0 Å². The minimum absolute atomic E-state index is 0.0187. The lowest BCUT2D eigenvalue weighted by molar-refractivity contribution is 0.303. The van der Waals surface area contributed by atoms with Crippen LogP contribution in [0.15, 0.2) is 33.7 Å². The van der Waals surface area contributed by atoms with Gasteiger partial charge in [-0.15, -0.1) is 0 Å². The first-order valence-corrected chi connectivity index (χ1v) is 9.28. The number of rotatable bonds is 5. The van der Waals surface area contributed by atoms with Gasteiger partial charge in [0.05, 0.1) is 18.8 Å². The third kappa shape index (κ3) is 4.11. The number of thiocarbonyl (C=S) groups is 1. The fraction of sp³-hybridized carbons (Fsp3) is 0.444. The lowest BCUT2D eigenvalue weighted by Gasteiger charge is -2.32. The standard InChI is InChI=1S/C18H23NO3S2/c1-11(2)19(12(3)4)18(23)24-10-13-9-22-16-8-14(21-5)6-7-15(16)17(13)20/h6-9,11-12H,10H2,1-5H3. The zero-order valence-electron chi connectivity index (χ0n) is 14.7. The number of hydrogen-bond acceptors (Lipinski definition) is 5. The lowest BCUT2D eigenvalue weighted by Crippen LogP contribution is -2.39. The van der Waals surface area contributed by atoms with Crippen LogP contribution >= 0.6 is 24.0 Å². The normalized spacial score (nSPS) is 11.3. The summed E-state index contributed by atoms with van der Waals surface area (Å²) in [6.07, 6.45) is 1.52. The number of hydrogen-bond donors (Lipinski definition) is 0. The van der Waals surface area contributed by atoms with Crippen LogP contribution in [0.2, 0.25) is 0 Å². The minimum Gasteiger partial charge on any atom is -0.497 e. The van der Waals surface area contributed by atoms with Gasteiger partial charge in [-0.05, 0) is 39.8 Å². The highest BCUT2D eigenvalue weighted by Gasteiger charge is 2.18. The van der Waals surface area contributed by atoms with E-state index in [9.17, 15) is 4.79 Å². The molecule has 4 nitrogen and oxygen atoms in total. The van der Waals surface area contributed by atoms with Gasteiger partial charge in [-0.25, -0.2) is 0 Å². The van der Waals surface area contributed by atoms with Crippen molar-refractivity contribution in [2.75, 3.05) is 7.11 Å². The molecule has 0 amide bonds. The second-order valence-electron chi connectivity index (χ2n) is 6.10. The summed E-state index contributed by atoms with van der Waals surface area (Å²) in [5, 5.41) is 0.560. The molecule has 130 valence electrons. The number of nitrogens with zero attached hydrogens (tertiary/aromatic N) is 1. The highest BCUT2D eigenvalue weighted by molar-refractivity contribution is 8.22. The quantitative estimate of drug-likeness (QED) is 0.730. The van der Waals surface area contributed by atoms with Crippen molar-refractivity contribution in [3.63, 3.8) is 0 Å². The molecule has 1 aromatic carbocycles. The molecular weight excluding hydrogens is 342 g/mol. The Morgan fingerprint density at radius 2 is 1.96 bits per heavy atom. The van der Waals surface area contributed by atoms with E-state index in [1.54, 1.807) is 25.3 Å². The van der Waals surface area contributed by atoms with Crippen molar-refractivity contribution in [2.45, 2.75) is 45.5 Å². The molecule has 1 aromatic heterocycles. The number of thioether (sulfide) groups is 1. The second kappa shape index (κ2) is 8.03. The molecule has 0 spiro atoms. The van der Waals surface area contributed by atoms with Crippen molar-refractivity contribution in [3.05, 3.63) is 40.2 Å². The van der Waals surface area contributed by atoms with Crippen molar-refractivity contribution in [1.82, 2.24) is 4.90 Å². The highest BCUT2D eigenvalue weighted by Crippen LogP contribution is 2.22. The van der Waals surface area contributed by atoms with Crippen LogP contribution in [0.4, 0.5) is 0 Å². The van der Waals surface area contributed by atoms with Crippen molar-refractivity contribution in [3.8, 4) is 5.75 Å². The third-order valence-electron chi connectivity index (χ3n) is 3.73. The summed E-state index contributed by atoms with van der Waals surface area (Å²) in [5.41, 5.74) is 1.13. The fourth-order valence-electron chi connectivity index (χ4n) is 2.61. The highest BCUT2D eigenvalue weighted by atomic mass is 32.2. The zero-order valence-corrected chi connectivity index (χ0v) is 16.3. The van der Waals surface area contributed by atoms with Crippen LogP contribution in [0.3, 0.4) is 0 Å². The maximum atomic E-state index is 12.6. The Hall–Kier alpha value is -1.53. The molecule has 1 heterocycles. The Labute approximate surface area is 152 Å². The third-order valence-corrected chi connectivity index (χ3v) is 5.21. The predicted octanol–water partition coefficient (Wildman–Crippen LogP) is 4.44. The molecular formula is C18H23NO3S2. The van der Waals surface area contributed by atoms with Gasteiger partial charge in [-0.3, -0.25) is 4.79 Å². The van der Waals surface area contributed by atoms with Gasteiger partial charge in [0.15, 0.2) is 5.43 Å². The van der Waals surface area contributed by atoms with E-state index in [0.717, 1.165) is 4.32 Å². The molecule has 6 heteroatoms. The molecule has 24 heavy (non-hydrogen) atoms. The SMILES string of the molecule is COc1ccc2c(=O)c(CSC(=S)N(C(C)C)C(C)C)coc2c1. The molecule has 0 aliphatic heterocycles. The molecule has 0 radical (unpaired) electrons. The van der Waals surface area contributed by atoms with E-state index in [1.807, 2.05) is 0 Å². The van der Waals surface area contributed by atoms with Gasteiger partial charge in [0.1, 0.15) is 15.7 Å². The lowest BCUT2D eigenvalue weighted by atomic mass is 10.2. The van der Waals surface area contributed by atoms with Gasteiger partial charge < -0.3 is 14.1 Å². The summed E-state index contributed by atoms with van der Waals surface area (Å²) >= 11 is 7.04. The molecule has 0 N–H and O–H groups in total. The summed E-state index contributed by atoms with van der Waals surface area (Å²) in [5.74, 6) is 1.16. The monoisotopic (exact) mass is 365 g/mol. The molecule has 2 aromatic rings. The van der Waals surface area contributed by atoms with E-state index >= 15 is 0 Å². The summed E-state index contributed by atoms with van der Waals surface area (Å²) in [7, 11) is 1.58. The van der Waals surface area contributed by atoms with E-state index in [0.29, 0.717) is 40.1 Å². The van der Waals surface area contributed by atoms with Crippen LogP contribution in [-0.4, -0.2) is 28.4 Å². The molecule has 0 aliphatic carbocycles. The van der Waals surface area contributed by atoms with Crippen molar-refractivity contribution in [1.29, 1.82) is 0 Å². The molecule has 2 rings (SSSR count). The van der Waals surface area contributed by atoms with E-state index in [2.05, 4.69) is 32.6 Å². The smallest absolute Gasteiger partial charge is 0.196 e. The first kappa shape index (κ1) is 18.8. The molecule has 0 unspecified atom stereocenters. The van der Waals surface area contributed by atoms with Gasteiger partial charge in [0, 0.05) is 29.5 Å². The molecule has 0 atom stereocenters. The largest absolute Gasteiger partial charge is 0.497 e. The zero-order chi connectivity index (χ0) is 17.9. The maximum absolute atomic E-state index is 12.6. The van der Waals surface area contributed by atoms with Crippen molar-refractivity contribution in [2.24, 2.45) is 0 Å². The topological polar surface area (TPSA) is 42.7 Å². The Morgan fingerprint density at radius 3 is 2.54 bits per heavy atom. The summed E-state index contributed by atoms with van der Waals surface area (Å²) in [6, 6.07) is 5.87. The van der Waals surface area contributed by atoms with Gasteiger partial charge in [-0.1, -0.05) is 24.0 Å². The van der Waals surface area contributed by atoms with Gasteiger partial charge in [0.25, 0.3) is 0 Å². The summed E-state index contributed by atoms with van der Waals surface area (Å²) in [4.78, 5) is 14.8. The Morgan fingerprint density at radius 1 is 1.29 bits per heavy atom. The van der Waals surface area contributed by atoms with Gasteiger partial charge >= 0.3 is 0 Å². The van der Waals surface area contributed by atoms with Crippen molar-refractivity contribution >= 4 is 39.3 Å². The summed E-state index contributed by atoms with van der Waals surface area (Å²) < 4.78 is 11.6. The van der Waals surface area contributed by atoms with Gasteiger partial charge in [-0.2, -0.15) is 0 Å². The Bertz CT molecular complexity index is 775. The molecule has 0 bridgehead atoms.